The highest BCUT2D eigenvalue weighted by Crippen LogP contribution is 2.47. The summed E-state index contributed by atoms with van der Waals surface area (Å²) in [6.07, 6.45) is 10.7. The summed E-state index contributed by atoms with van der Waals surface area (Å²) in [5.74, 6) is -3.47. The van der Waals surface area contributed by atoms with Crippen molar-refractivity contribution in [3.8, 4) is 5.75 Å². The minimum absolute atomic E-state index is 0.0176. The zero-order valence-electron chi connectivity index (χ0n) is 37.1. The number of carbonyl (C=O) groups excluding carboxylic acids is 7. The van der Waals surface area contributed by atoms with Crippen LogP contribution in [0.2, 0.25) is 0 Å². The first kappa shape index (κ1) is 45.6. The van der Waals surface area contributed by atoms with Gasteiger partial charge in [0.2, 0.25) is 29.4 Å². The molecule has 17 heteroatoms. The van der Waals surface area contributed by atoms with Crippen molar-refractivity contribution in [3.63, 3.8) is 0 Å². The van der Waals surface area contributed by atoms with Crippen molar-refractivity contribution >= 4 is 41.2 Å². The SMILES string of the molecule is CCCC(NC(=O)[C@@H]1CC2(CN1C(=O)[C@@H](NC(=O)[C@@H](NC(=O)c1cnccn1)C1CCCCC1)C(C)(C)C)N(CC)C(=O)[C@@H]1C[C@H](Oc3ccccc3)CN12)C(=O)C(=O)NC1CC1. The van der Waals surface area contributed by atoms with Gasteiger partial charge < -0.3 is 35.8 Å². The van der Waals surface area contributed by atoms with Gasteiger partial charge in [0.05, 0.1) is 24.8 Å². The largest absolute Gasteiger partial charge is 0.489 e. The van der Waals surface area contributed by atoms with Gasteiger partial charge in [0.15, 0.2) is 0 Å². The predicted octanol–water partition coefficient (Wildman–Crippen LogP) is 2.50. The zero-order chi connectivity index (χ0) is 45.1. The average molecular weight is 870 g/mol. The Morgan fingerprint density at radius 2 is 1.67 bits per heavy atom. The minimum Gasteiger partial charge on any atom is -0.489 e. The van der Waals surface area contributed by atoms with E-state index in [9.17, 15) is 28.8 Å². The highest BCUT2D eigenvalue weighted by molar-refractivity contribution is 6.38. The van der Waals surface area contributed by atoms with E-state index < -0.39 is 76.6 Å². The van der Waals surface area contributed by atoms with E-state index >= 15 is 4.79 Å². The first-order valence-electron chi connectivity index (χ1n) is 22.8. The molecular weight excluding hydrogens is 807 g/mol. The summed E-state index contributed by atoms with van der Waals surface area (Å²) in [5.41, 5.74) is -1.98. The number of likely N-dealkylation sites (tertiary alicyclic amines) is 1. The number of ketones is 1. The van der Waals surface area contributed by atoms with Crippen LogP contribution < -0.4 is 26.0 Å². The molecule has 0 radical (unpaired) electrons. The lowest BCUT2D eigenvalue weighted by molar-refractivity contribution is -0.145. The summed E-state index contributed by atoms with van der Waals surface area (Å²) < 4.78 is 6.36. The van der Waals surface area contributed by atoms with E-state index in [0.29, 0.717) is 44.5 Å². The van der Waals surface area contributed by atoms with Crippen LogP contribution in [0.25, 0.3) is 0 Å². The molecular formula is C46H63N9O8. The quantitative estimate of drug-likeness (QED) is 0.180. The fourth-order valence-electron chi connectivity index (χ4n) is 10.0. The van der Waals surface area contributed by atoms with Crippen LogP contribution in [0.3, 0.4) is 0 Å². The maximum Gasteiger partial charge on any atom is 0.289 e. The van der Waals surface area contributed by atoms with Crippen LogP contribution in [0.1, 0.15) is 116 Å². The van der Waals surface area contributed by atoms with Crippen molar-refractivity contribution in [2.75, 3.05) is 19.6 Å². The number of aromatic nitrogens is 2. The number of benzene rings is 1. The van der Waals surface area contributed by atoms with Crippen LogP contribution in [0.5, 0.6) is 5.75 Å². The monoisotopic (exact) mass is 869 g/mol. The van der Waals surface area contributed by atoms with E-state index in [0.717, 1.165) is 32.1 Å². The minimum atomic E-state index is -1.20. The molecule has 17 nitrogen and oxygen atoms in total. The maximum atomic E-state index is 15.4. The molecule has 7 rings (SSSR count). The van der Waals surface area contributed by atoms with Crippen molar-refractivity contribution < 1.29 is 38.3 Å². The molecule has 63 heavy (non-hydrogen) atoms. The van der Waals surface area contributed by atoms with Crippen LogP contribution in [-0.4, -0.2) is 134 Å². The fourth-order valence-corrected chi connectivity index (χ4v) is 10.0. The molecule has 3 saturated heterocycles. The number of amides is 6. The summed E-state index contributed by atoms with van der Waals surface area (Å²) in [6.45, 7) is 9.76. The molecule has 5 aliphatic rings. The van der Waals surface area contributed by atoms with Gasteiger partial charge in [0.25, 0.3) is 11.8 Å². The maximum absolute atomic E-state index is 15.4. The molecule has 1 spiro atoms. The molecule has 4 heterocycles. The van der Waals surface area contributed by atoms with Gasteiger partial charge in [-0.15, -0.1) is 0 Å². The summed E-state index contributed by atoms with van der Waals surface area (Å²) in [5, 5.41) is 11.5. The Balaban J connectivity index is 1.21. The van der Waals surface area contributed by atoms with Crippen LogP contribution in [-0.2, 0) is 28.8 Å². The van der Waals surface area contributed by atoms with Gasteiger partial charge in [-0.1, -0.05) is 71.6 Å². The van der Waals surface area contributed by atoms with E-state index in [1.165, 1.54) is 23.5 Å². The van der Waals surface area contributed by atoms with Crippen LogP contribution in [0.15, 0.2) is 48.9 Å². The molecule has 1 aromatic heterocycles. The lowest BCUT2D eigenvalue weighted by Crippen LogP contribution is -2.62. The number of para-hydroxylation sites is 1. The summed E-state index contributed by atoms with van der Waals surface area (Å²) >= 11 is 0. The molecule has 7 atom stereocenters. The van der Waals surface area contributed by atoms with Gasteiger partial charge in [-0.2, -0.15) is 0 Å². The Labute approximate surface area is 369 Å². The first-order valence-corrected chi connectivity index (χ1v) is 22.8. The Morgan fingerprint density at radius 3 is 2.30 bits per heavy atom. The molecule has 0 bridgehead atoms. The molecule has 6 amide bonds. The van der Waals surface area contributed by atoms with Gasteiger partial charge in [0.1, 0.15) is 41.3 Å². The highest BCUT2D eigenvalue weighted by atomic mass is 16.5. The van der Waals surface area contributed by atoms with E-state index in [1.54, 1.807) is 4.90 Å². The lowest BCUT2D eigenvalue weighted by Gasteiger charge is -2.41. The number of hydrogen-bond acceptors (Lipinski definition) is 11. The van der Waals surface area contributed by atoms with Crippen molar-refractivity contribution in [1.82, 2.24) is 45.9 Å². The molecule has 3 aliphatic heterocycles. The molecule has 2 aliphatic carbocycles. The number of nitrogens with one attached hydrogen (secondary N) is 4. The normalized spacial score (nSPS) is 25.2. The van der Waals surface area contributed by atoms with Crippen molar-refractivity contribution in [2.45, 2.75) is 153 Å². The molecule has 2 unspecified atom stereocenters. The van der Waals surface area contributed by atoms with E-state index in [1.807, 2.05) is 65.0 Å². The number of hydrogen-bond donors (Lipinski definition) is 4. The number of nitrogens with zero attached hydrogens (tertiary/aromatic N) is 5. The topological polar surface area (TPSA) is 212 Å². The second-order valence-corrected chi connectivity index (χ2v) is 18.9. The lowest BCUT2D eigenvalue weighted by atomic mass is 9.82. The Morgan fingerprint density at radius 1 is 0.937 bits per heavy atom. The third kappa shape index (κ3) is 9.87. The second-order valence-electron chi connectivity index (χ2n) is 18.9. The number of carbonyl (C=O) groups is 7. The summed E-state index contributed by atoms with van der Waals surface area (Å²) in [6, 6.07) is 4.21. The average Bonchev–Trinajstić information content (AvgIpc) is 3.77. The molecule has 4 N–H and O–H groups in total. The van der Waals surface area contributed by atoms with E-state index in [-0.39, 0.29) is 49.1 Å². The molecule has 2 saturated carbocycles. The van der Waals surface area contributed by atoms with Gasteiger partial charge >= 0.3 is 0 Å². The standard InChI is InChI=1S/C46H63N9O8/c1-6-14-32(37(56)42(60)49-29-19-20-29)50-40(58)35-24-46(54(7-2)43(61)34-23-31(26-55(34)46)63-30-17-12-9-13-18-30)27-53(35)44(62)38(45(3,4)5)52-41(59)36(28-15-10-8-11-16-28)51-39(57)33-25-47-21-22-48-33/h9,12-13,17-18,21-22,25,28-29,31-32,34-36,38H,6-8,10-11,14-16,19-20,23-24,26-27H2,1-5H3,(H,49,60)(H,50,58)(H,51,57)(H,52,59)/t31-,32?,34-,35-,36-,38+,46?/m0/s1. The zero-order valence-corrected chi connectivity index (χ0v) is 37.1. The number of rotatable bonds is 16. The number of Topliss-reactive ketones (excluding diaryl/α,β-unsaturated/α-hetero) is 1. The van der Waals surface area contributed by atoms with E-state index in [2.05, 4.69) is 36.1 Å². The van der Waals surface area contributed by atoms with Crippen LogP contribution in [0.4, 0.5) is 0 Å². The molecule has 340 valence electrons. The van der Waals surface area contributed by atoms with Crippen LogP contribution in [0, 0.1) is 11.3 Å². The number of fused-ring (bicyclic) bond motifs is 2. The molecule has 1 aromatic carbocycles. The number of likely N-dealkylation sites (N-methyl/N-ethyl adjacent to an activating group) is 1. The van der Waals surface area contributed by atoms with Gasteiger partial charge in [-0.3, -0.25) is 43.4 Å². The smallest absolute Gasteiger partial charge is 0.289 e. The molecule has 2 aromatic rings. The Hall–Kier alpha value is -5.45. The first-order chi connectivity index (χ1) is 30.1. The third-order valence-corrected chi connectivity index (χ3v) is 13.4. The highest BCUT2D eigenvalue weighted by Gasteiger charge is 2.66. The summed E-state index contributed by atoms with van der Waals surface area (Å²) in [7, 11) is 0. The summed E-state index contributed by atoms with van der Waals surface area (Å²) in [4.78, 5) is 113. The van der Waals surface area contributed by atoms with Gasteiger partial charge in [0, 0.05) is 44.4 Å². The second kappa shape index (κ2) is 19.1. The molecule has 5 fully saturated rings. The Kier molecular flexibility index (Phi) is 13.8. The van der Waals surface area contributed by atoms with Gasteiger partial charge in [-0.05, 0) is 62.5 Å². The van der Waals surface area contributed by atoms with Crippen molar-refractivity contribution in [2.24, 2.45) is 11.3 Å². The predicted molar refractivity (Wildman–Crippen MR) is 230 cm³/mol. The van der Waals surface area contributed by atoms with E-state index in [4.69, 9.17) is 4.74 Å². The Bertz CT molecular complexity index is 2020. The van der Waals surface area contributed by atoms with Crippen molar-refractivity contribution in [3.05, 3.63) is 54.6 Å². The van der Waals surface area contributed by atoms with Crippen molar-refractivity contribution in [1.29, 1.82) is 0 Å². The van der Waals surface area contributed by atoms with Gasteiger partial charge in [-0.25, -0.2) is 4.98 Å². The third-order valence-electron chi connectivity index (χ3n) is 13.4. The number of ether oxygens (including phenoxy) is 1. The van der Waals surface area contributed by atoms with Crippen LogP contribution >= 0.6 is 0 Å². The fraction of sp³-hybridized carbons (Fsp3) is 0.630.